The van der Waals surface area contributed by atoms with E-state index in [2.05, 4.69) is 0 Å². The topological polar surface area (TPSA) is 9.23 Å². The zero-order valence-electron chi connectivity index (χ0n) is 11.7. The van der Waals surface area contributed by atoms with Crippen molar-refractivity contribution in [1.29, 1.82) is 0 Å². The second-order valence-corrected chi connectivity index (χ2v) is 3.69. The van der Waals surface area contributed by atoms with Crippen LogP contribution >= 0.6 is 0 Å². The van der Waals surface area contributed by atoms with Gasteiger partial charge in [-0.15, -0.1) is 0 Å². The molecule has 0 spiro atoms. The molecule has 98 valence electrons. The van der Waals surface area contributed by atoms with E-state index >= 15 is 0 Å². The van der Waals surface area contributed by atoms with E-state index in [-0.39, 0.29) is 5.82 Å². The van der Waals surface area contributed by atoms with E-state index in [0.717, 1.165) is 5.56 Å². The van der Waals surface area contributed by atoms with E-state index in [4.69, 9.17) is 4.74 Å². The molecule has 0 bridgehead atoms. The minimum atomic E-state index is -0.258. The van der Waals surface area contributed by atoms with Gasteiger partial charge >= 0.3 is 0 Å². The van der Waals surface area contributed by atoms with Crippen LogP contribution in [0.25, 0.3) is 0 Å². The fourth-order valence-electron chi connectivity index (χ4n) is 1.21. The zero-order valence-corrected chi connectivity index (χ0v) is 11.7. The van der Waals surface area contributed by atoms with Gasteiger partial charge in [0.25, 0.3) is 0 Å². The second kappa shape index (κ2) is 9.03. The van der Waals surface area contributed by atoms with Gasteiger partial charge in [0, 0.05) is 0 Å². The van der Waals surface area contributed by atoms with Crippen molar-refractivity contribution in [2.24, 2.45) is 5.92 Å². The third kappa shape index (κ3) is 6.30. The highest BCUT2D eigenvalue weighted by molar-refractivity contribution is 5.29. The standard InChI is InChI=1S/C11H13FO.2C2H6/c1-8-2-5-10(12)11(6-8)13-7-9-3-4-9;2*1-2/h2,5-6,9H,3-4,7H2,1H3;2*1-2H3. The van der Waals surface area contributed by atoms with E-state index in [9.17, 15) is 4.39 Å². The van der Waals surface area contributed by atoms with Gasteiger partial charge in [0.05, 0.1) is 6.61 Å². The summed E-state index contributed by atoms with van der Waals surface area (Å²) in [4.78, 5) is 0. The maximum absolute atomic E-state index is 13.1. The van der Waals surface area contributed by atoms with Gasteiger partial charge in [-0.2, -0.15) is 0 Å². The molecule has 1 nitrogen and oxygen atoms in total. The highest BCUT2D eigenvalue weighted by Gasteiger charge is 2.22. The lowest BCUT2D eigenvalue weighted by Crippen LogP contribution is -2.00. The first-order valence-electron chi connectivity index (χ1n) is 6.64. The molecule has 1 aliphatic rings. The summed E-state index contributed by atoms with van der Waals surface area (Å²) in [5, 5.41) is 0. The fraction of sp³-hybridized carbons (Fsp3) is 0.600. The quantitative estimate of drug-likeness (QED) is 0.724. The van der Waals surface area contributed by atoms with Crippen LogP contribution in [0.3, 0.4) is 0 Å². The largest absolute Gasteiger partial charge is 0.490 e. The van der Waals surface area contributed by atoms with Crippen molar-refractivity contribution >= 4 is 0 Å². The number of hydrogen-bond acceptors (Lipinski definition) is 1. The molecule has 0 atom stereocenters. The van der Waals surface area contributed by atoms with Crippen LogP contribution in [0, 0.1) is 18.7 Å². The molecule has 0 amide bonds. The Labute approximate surface area is 105 Å². The number of aryl methyl sites for hydroxylation is 1. The van der Waals surface area contributed by atoms with E-state index in [1.807, 2.05) is 34.6 Å². The Morgan fingerprint density at radius 3 is 2.29 bits per heavy atom. The molecular formula is C15H25FO. The molecule has 1 aromatic rings. The van der Waals surface area contributed by atoms with Crippen molar-refractivity contribution in [1.82, 2.24) is 0 Å². The second-order valence-electron chi connectivity index (χ2n) is 3.69. The van der Waals surface area contributed by atoms with Crippen LogP contribution in [0.1, 0.15) is 46.1 Å². The predicted octanol–water partition coefficient (Wildman–Crippen LogP) is 4.98. The lowest BCUT2D eigenvalue weighted by Gasteiger charge is -2.06. The molecule has 0 saturated heterocycles. The van der Waals surface area contributed by atoms with E-state index in [1.165, 1.54) is 18.9 Å². The van der Waals surface area contributed by atoms with Crippen molar-refractivity contribution < 1.29 is 9.13 Å². The minimum Gasteiger partial charge on any atom is -0.490 e. The molecule has 1 aliphatic carbocycles. The van der Waals surface area contributed by atoms with Gasteiger partial charge in [0.15, 0.2) is 11.6 Å². The summed E-state index contributed by atoms with van der Waals surface area (Å²) in [6, 6.07) is 4.95. The SMILES string of the molecule is CC.CC.Cc1ccc(F)c(OCC2CC2)c1. The third-order valence-corrected chi connectivity index (χ3v) is 2.26. The summed E-state index contributed by atoms with van der Waals surface area (Å²) in [6.07, 6.45) is 2.46. The van der Waals surface area contributed by atoms with Crippen LogP contribution in [0.15, 0.2) is 18.2 Å². The Kier molecular flexibility index (Phi) is 8.47. The van der Waals surface area contributed by atoms with Crippen LogP contribution < -0.4 is 4.74 Å². The first kappa shape index (κ1) is 16.0. The molecule has 0 N–H and O–H groups in total. The summed E-state index contributed by atoms with van der Waals surface area (Å²) < 4.78 is 18.5. The number of ether oxygens (including phenoxy) is 1. The maximum atomic E-state index is 13.1. The summed E-state index contributed by atoms with van der Waals surface area (Å²) in [6.45, 7) is 10.6. The van der Waals surface area contributed by atoms with Gasteiger partial charge in [-0.05, 0) is 43.4 Å². The molecule has 0 radical (unpaired) electrons. The van der Waals surface area contributed by atoms with Crippen molar-refractivity contribution in [3.05, 3.63) is 29.6 Å². The third-order valence-electron chi connectivity index (χ3n) is 2.26. The van der Waals surface area contributed by atoms with Crippen LogP contribution in [0.5, 0.6) is 5.75 Å². The van der Waals surface area contributed by atoms with Gasteiger partial charge in [0.2, 0.25) is 0 Å². The number of benzene rings is 1. The van der Waals surface area contributed by atoms with Gasteiger partial charge in [-0.1, -0.05) is 33.8 Å². The molecule has 0 aliphatic heterocycles. The first-order valence-corrected chi connectivity index (χ1v) is 6.64. The molecule has 17 heavy (non-hydrogen) atoms. The molecule has 0 heterocycles. The molecule has 1 saturated carbocycles. The molecular weight excluding hydrogens is 215 g/mol. The van der Waals surface area contributed by atoms with E-state index < -0.39 is 0 Å². The van der Waals surface area contributed by atoms with Crippen molar-refractivity contribution in [2.45, 2.75) is 47.5 Å². The lowest BCUT2D eigenvalue weighted by atomic mass is 10.2. The Hall–Kier alpha value is -1.05. The Morgan fingerprint density at radius 1 is 1.18 bits per heavy atom. The Bertz CT molecular complexity index is 306. The smallest absolute Gasteiger partial charge is 0.165 e. The molecule has 2 heteroatoms. The van der Waals surface area contributed by atoms with Crippen LogP contribution in [0.2, 0.25) is 0 Å². The zero-order chi connectivity index (χ0) is 13.3. The predicted molar refractivity (Wildman–Crippen MR) is 72.1 cm³/mol. The molecule has 2 rings (SSSR count). The van der Waals surface area contributed by atoms with E-state index in [1.54, 1.807) is 12.1 Å². The van der Waals surface area contributed by atoms with E-state index in [0.29, 0.717) is 18.3 Å². The van der Waals surface area contributed by atoms with Crippen molar-refractivity contribution in [3.63, 3.8) is 0 Å². The van der Waals surface area contributed by atoms with Gasteiger partial charge in [-0.25, -0.2) is 4.39 Å². The maximum Gasteiger partial charge on any atom is 0.165 e. The van der Waals surface area contributed by atoms with Gasteiger partial charge < -0.3 is 4.74 Å². The Balaban J connectivity index is 0.000000581. The molecule has 0 unspecified atom stereocenters. The van der Waals surface area contributed by atoms with Crippen LogP contribution in [-0.4, -0.2) is 6.61 Å². The average molecular weight is 240 g/mol. The summed E-state index contributed by atoms with van der Waals surface area (Å²) >= 11 is 0. The summed E-state index contributed by atoms with van der Waals surface area (Å²) in [5.41, 5.74) is 1.03. The summed E-state index contributed by atoms with van der Waals surface area (Å²) in [5.74, 6) is 0.804. The normalized spacial score (nSPS) is 12.8. The monoisotopic (exact) mass is 240 g/mol. The molecule has 1 aromatic carbocycles. The average Bonchev–Trinajstić information content (AvgIpc) is 3.19. The first-order chi connectivity index (χ1) is 8.25. The number of hydrogen-bond donors (Lipinski definition) is 0. The fourth-order valence-corrected chi connectivity index (χ4v) is 1.21. The number of halogens is 1. The van der Waals surface area contributed by atoms with Crippen LogP contribution in [0.4, 0.5) is 4.39 Å². The van der Waals surface area contributed by atoms with Gasteiger partial charge in [0.1, 0.15) is 0 Å². The van der Waals surface area contributed by atoms with Crippen molar-refractivity contribution in [3.8, 4) is 5.75 Å². The summed E-state index contributed by atoms with van der Waals surface area (Å²) in [7, 11) is 0. The Morgan fingerprint density at radius 2 is 1.76 bits per heavy atom. The minimum absolute atomic E-state index is 0.258. The molecule has 0 aromatic heterocycles. The lowest BCUT2D eigenvalue weighted by molar-refractivity contribution is 0.285. The van der Waals surface area contributed by atoms with Crippen LogP contribution in [-0.2, 0) is 0 Å². The van der Waals surface area contributed by atoms with Crippen molar-refractivity contribution in [2.75, 3.05) is 6.61 Å². The highest BCUT2D eigenvalue weighted by atomic mass is 19.1. The van der Waals surface area contributed by atoms with Gasteiger partial charge in [-0.3, -0.25) is 0 Å². The highest BCUT2D eigenvalue weighted by Crippen LogP contribution is 2.30. The molecule has 1 fully saturated rings. The number of rotatable bonds is 3.